The molecule has 3 unspecified atom stereocenters. The van der Waals surface area contributed by atoms with Crippen LogP contribution < -0.4 is 5.32 Å². The number of anilines is 1. The number of carbonyl (C=O) groups is 1. The van der Waals surface area contributed by atoms with E-state index >= 15 is 0 Å². The number of benzene rings is 2. The van der Waals surface area contributed by atoms with Crippen LogP contribution >= 0.6 is 11.6 Å². The Balaban J connectivity index is 0.000000858. The zero-order chi connectivity index (χ0) is 22.4. The third-order valence-corrected chi connectivity index (χ3v) is 7.25. The second-order valence-electron chi connectivity index (χ2n) is 9.04. The van der Waals surface area contributed by atoms with Gasteiger partial charge in [-0.3, -0.25) is 4.79 Å². The predicted octanol–water partition coefficient (Wildman–Crippen LogP) is 7.15. The second-order valence-corrected chi connectivity index (χ2v) is 9.45. The quantitative estimate of drug-likeness (QED) is 0.531. The van der Waals surface area contributed by atoms with Crippen molar-refractivity contribution in [3.8, 4) is 0 Å². The van der Waals surface area contributed by atoms with Crippen LogP contribution in [-0.4, -0.2) is 17.1 Å². The Morgan fingerprint density at radius 1 is 1.16 bits per heavy atom. The average molecular weight is 442 g/mol. The molecule has 4 heteroatoms. The van der Waals surface area contributed by atoms with Crippen molar-refractivity contribution in [1.29, 1.82) is 0 Å². The molecule has 0 spiro atoms. The lowest BCUT2D eigenvalue weighted by Crippen LogP contribution is -2.41. The van der Waals surface area contributed by atoms with Gasteiger partial charge in [0.25, 0.3) is 5.91 Å². The third-order valence-electron chi connectivity index (χ3n) is 6.92. The summed E-state index contributed by atoms with van der Waals surface area (Å²) in [5.74, 6) is 0.409. The largest absolute Gasteiger partial charge is 0.393 e. The fourth-order valence-electron chi connectivity index (χ4n) is 5.43. The zero-order valence-corrected chi connectivity index (χ0v) is 19.8. The first-order valence-corrected chi connectivity index (χ1v) is 12.2. The number of rotatable bonds is 3. The molecule has 2 aromatic rings. The van der Waals surface area contributed by atoms with Crippen molar-refractivity contribution in [3.05, 3.63) is 64.2 Å². The first kappa shape index (κ1) is 23.8. The van der Waals surface area contributed by atoms with Crippen LogP contribution in [0.2, 0.25) is 5.02 Å². The molecule has 1 amide bonds. The second kappa shape index (κ2) is 10.7. The van der Waals surface area contributed by atoms with Gasteiger partial charge in [0.2, 0.25) is 0 Å². The highest BCUT2D eigenvalue weighted by atomic mass is 35.5. The number of nitrogens with one attached hydrogen (secondary N) is 1. The van der Waals surface area contributed by atoms with Crippen molar-refractivity contribution in [2.75, 3.05) is 5.32 Å². The van der Waals surface area contributed by atoms with Gasteiger partial charge in [0.1, 0.15) is 0 Å². The first-order valence-electron chi connectivity index (χ1n) is 11.8. The lowest BCUT2D eigenvalue weighted by Gasteiger charge is -2.46. The van der Waals surface area contributed by atoms with E-state index in [1.807, 2.05) is 24.3 Å². The molecule has 4 rings (SSSR count). The summed E-state index contributed by atoms with van der Waals surface area (Å²) in [6, 6.07) is 13.5. The molecule has 31 heavy (non-hydrogen) atoms. The predicted molar refractivity (Wildman–Crippen MR) is 130 cm³/mol. The number of amides is 1. The molecule has 1 saturated carbocycles. The standard InChI is InChI=1S/C24H28ClNO2.C3H8/c1-2-24-13-12-19(27)15-18(24)7-5-6-16-14-17(10-11-20(16)24)23(28)26-22-9-4-3-8-21(22)25;1-3-2/h3-4,8-11,14,18-19,27H,2,5-7,12-13,15H2,1H3,(H,26,28);3H2,1-2H3. The highest BCUT2D eigenvalue weighted by Crippen LogP contribution is 2.51. The summed E-state index contributed by atoms with van der Waals surface area (Å²) in [6.45, 7) is 6.53. The van der Waals surface area contributed by atoms with Gasteiger partial charge in [-0.1, -0.05) is 57.0 Å². The van der Waals surface area contributed by atoms with Gasteiger partial charge in [0.15, 0.2) is 0 Å². The maximum Gasteiger partial charge on any atom is 0.255 e. The van der Waals surface area contributed by atoms with Crippen molar-refractivity contribution >= 4 is 23.2 Å². The molecule has 168 valence electrons. The minimum Gasteiger partial charge on any atom is -0.393 e. The fraction of sp³-hybridized carbons (Fsp3) is 0.519. The van der Waals surface area contributed by atoms with Crippen LogP contribution in [0.25, 0.3) is 0 Å². The van der Waals surface area contributed by atoms with E-state index in [1.165, 1.54) is 17.5 Å². The number of hydrogen-bond donors (Lipinski definition) is 2. The number of aliphatic hydroxyl groups is 1. The summed E-state index contributed by atoms with van der Waals surface area (Å²) < 4.78 is 0. The van der Waals surface area contributed by atoms with E-state index in [0.29, 0.717) is 22.2 Å². The summed E-state index contributed by atoms with van der Waals surface area (Å²) in [7, 11) is 0. The van der Waals surface area contributed by atoms with Crippen LogP contribution in [0.4, 0.5) is 5.69 Å². The van der Waals surface area contributed by atoms with Gasteiger partial charge in [-0.15, -0.1) is 0 Å². The van der Waals surface area contributed by atoms with Crippen LogP contribution in [0.15, 0.2) is 42.5 Å². The number of aryl methyl sites for hydroxylation is 1. The molecular formula is C27H36ClNO2. The van der Waals surface area contributed by atoms with Crippen molar-refractivity contribution in [1.82, 2.24) is 0 Å². The lowest BCUT2D eigenvalue weighted by molar-refractivity contribution is 0.0451. The van der Waals surface area contributed by atoms with Crippen LogP contribution in [0.1, 0.15) is 87.2 Å². The Kier molecular flexibility index (Phi) is 8.18. The highest BCUT2D eigenvalue weighted by Gasteiger charge is 2.45. The highest BCUT2D eigenvalue weighted by molar-refractivity contribution is 6.33. The Labute approximate surface area is 192 Å². The van der Waals surface area contributed by atoms with E-state index in [4.69, 9.17) is 11.6 Å². The molecule has 0 bridgehead atoms. The topological polar surface area (TPSA) is 49.3 Å². The van der Waals surface area contributed by atoms with Gasteiger partial charge in [-0.25, -0.2) is 0 Å². The van der Waals surface area contributed by atoms with Gasteiger partial charge in [-0.2, -0.15) is 0 Å². The molecule has 0 radical (unpaired) electrons. The van der Waals surface area contributed by atoms with Crippen molar-refractivity contribution < 1.29 is 9.90 Å². The van der Waals surface area contributed by atoms with Crippen LogP contribution in [0, 0.1) is 5.92 Å². The minimum absolute atomic E-state index is 0.124. The Hall–Kier alpha value is -1.84. The number of hydrogen-bond acceptors (Lipinski definition) is 2. The molecular weight excluding hydrogens is 406 g/mol. The van der Waals surface area contributed by atoms with E-state index < -0.39 is 0 Å². The van der Waals surface area contributed by atoms with Crippen molar-refractivity contribution in [2.24, 2.45) is 5.92 Å². The summed E-state index contributed by atoms with van der Waals surface area (Å²) >= 11 is 6.18. The molecule has 2 aliphatic carbocycles. The van der Waals surface area contributed by atoms with Gasteiger partial charge < -0.3 is 10.4 Å². The maximum absolute atomic E-state index is 12.8. The first-order chi connectivity index (χ1) is 14.9. The number of aliphatic hydroxyl groups excluding tert-OH is 1. The van der Waals surface area contributed by atoms with E-state index in [2.05, 4.69) is 38.2 Å². The molecule has 0 saturated heterocycles. The molecule has 3 atom stereocenters. The van der Waals surface area contributed by atoms with Crippen LogP contribution in [0.5, 0.6) is 0 Å². The third kappa shape index (κ3) is 5.15. The molecule has 0 aliphatic heterocycles. The Morgan fingerprint density at radius 3 is 2.61 bits per heavy atom. The van der Waals surface area contributed by atoms with Gasteiger partial charge >= 0.3 is 0 Å². The molecule has 2 aliphatic rings. The molecule has 0 aromatic heterocycles. The molecule has 2 N–H and O–H groups in total. The maximum atomic E-state index is 12.8. The molecule has 3 nitrogen and oxygen atoms in total. The Bertz CT molecular complexity index is 897. The van der Waals surface area contributed by atoms with E-state index in [-0.39, 0.29) is 17.4 Å². The smallest absolute Gasteiger partial charge is 0.255 e. The van der Waals surface area contributed by atoms with E-state index in [9.17, 15) is 9.90 Å². The van der Waals surface area contributed by atoms with E-state index in [0.717, 1.165) is 44.9 Å². The molecule has 0 heterocycles. The zero-order valence-electron chi connectivity index (χ0n) is 19.1. The van der Waals surface area contributed by atoms with Gasteiger partial charge in [0, 0.05) is 5.56 Å². The van der Waals surface area contributed by atoms with E-state index in [1.54, 1.807) is 6.07 Å². The minimum atomic E-state index is -0.160. The number of fused-ring (bicyclic) bond motifs is 3. The Morgan fingerprint density at radius 2 is 1.90 bits per heavy atom. The number of halogens is 1. The average Bonchev–Trinajstić information content (AvgIpc) is 2.92. The number of carbonyl (C=O) groups excluding carboxylic acids is 1. The number of para-hydroxylation sites is 1. The molecule has 1 fully saturated rings. The van der Waals surface area contributed by atoms with Crippen molar-refractivity contribution in [2.45, 2.75) is 83.7 Å². The van der Waals surface area contributed by atoms with Gasteiger partial charge in [0.05, 0.1) is 16.8 Å². The monoisotopic (exact) mass is 441 g/mol. The summed E-state index contributed by atoms with van der Waals surface area (Å²) in [4.78, 5) is 12.8. The van der Waals surface area contributed by atoms with Crippen LogP contribution in [0.3, 0.4) is 0 Å². The summed E-state index contributed by atoms with van der Waals surface area (Å²) in [5, 5.41) is 13.7. The molecule has 2 aromatic carbocycles. The fourth-order valence-corrected chi connectivity index (χ4v) is 5.61. The lowest BCUT2D eigenvalue weighted by atomic mass is 9.59. The summed E-state index contributed by atoms with van der Waals surface area (Å²) in [6.07, 6.45) is 8.25. The SMILES string of the molecule is CCC.CCC12CCC(O)CC1CCCc1cc(C(=O)Nc3ccccc3Cl)ccc12. The van der Waals surface area contributed by atoms with Crippen LogP contribution in [-0.2, 0) is 11.8 Å². The van der Waals surface area contributed by atoms with Gasteiger partial charge in [-0.05, 0) is 91.7 Å². The normalized spacial score (nSPS) is 24.7. The summed E-state index contributed by atoms with van der Waals surface area (Å²) in [5.41, 5.74) is 4.16. The van der Waals surface area contributed by atoms with Crippen molar-refractivity contribution in [3.63, 3.8) is 0 Å².